The average Bonchev–Trinajstić information content (AvgIpc) is 3.10. The fourth-order valence-corrected chi connectivity index (χ4v) is 3.46. The van der Waals surface area contributed by atoms with Crippen LogP contribution in [0.3, 0.4) is 0 Å². The van der Waals surface area contributed by atoms with Crippen molar-refractivity contribution in [3.63, 3.8) is 0 Å². The fraction of sp³-hybridized carbons (Fsp3) is 0.105. The molecule has 3 aromatic heterocycles. The van der Waals surface area contributed by atoms with Crippen molar-refractivity contribution < 1.29 is 35.3 Å². The van der Waals surface area contributed by atoms with E-state index in [-0.39, 0.29) is 0 Å². The number of aromatic nitrogens is 3. The van der Waals surface area contributed by atoms with Gasteiger partial charge in [-0.3, -0.25) is 0 Å². The summed E-state index contributed by atoms with van der Waals surface area (Å²) in [5.74, 6) is -1.24. The van der Waals surface area contributed by atoms with Gasteiger partial charge in [-0.15, -0.1) is 0 Å². The lowest BCUT2D eigenvalue weighted by molar-refractivity contribution is -0.0501. The molecule has 12 heteroatoms. The molecule has 0 aliphatic carbocycles. The molecule has 0 bridgehead atoms. The molecular formula is C19H12F3N3O5S. The van der Waals surface area contributed by atoms with Gasteiger partial charge < -0.3 is 13.9 Å². The number of carbonyl (C=O) groups is 1. The van der Waals surface area contributed by atoms with Gasteiger partial charge in [0.15, 0.2) is 0 Å². The van der Waals surface area contributed by atoms with Crippen molar-refractivity contribution in [2.45, 2.75) is 5.51 Å². The summed E-state index contributed by atoms with van der Waals surface area (Å²) in [6.07, 6.45) is 2.68. The van der Waals surface area contributed by atoms with Crippen LogP contribution in [0.4, 0.5) is 13.2 Å². The maximum atomic E-state index is 12.6. The van der Waals surface area contributed by atoms with Crippen molar-refractivity contribution in [2.75, 3.05) is 7.11 Å². The Balaban J connectivity index is 1.85. The Morgan fingerprint density at radius 1 is 1.10 bits per heavy atom. The zero-order valence-corrected chi connectivity index (χ0v) is 16.4. The summed E-state index contributed by atoms with van der Waals surface area (Å²) >= 11 is 0. The van der Waals surface area contributed by atoms with Gasteiger partial charge in [-0.1, -0.05) is 12.1 Å². The van der Waals surface area contributed by atoms with Gasteiger partial charge in [-0.2, -0.15) is 21.6 Å². The highest BCUT2D eigenvalue weighted by molar-refractivity contribution is 7.87. The number of nitrogens with zero attached hydrogens (tertiary/aromatic N) is 2. The standard InChI is InChI=1S/C19H12F3N3O5S/c1-29-18(26)11-4-2-10(3-5-11)12-6-7-23-17-16(12)13-8-15(24-9-14(13)25-17)30-31(27,28)19(20,21)22/h2-9H,1H3,(H,23,25). The van der Waals surface area contributed by atoms with E-state index >= 15 is 0 Å². The minimum Gasteiger partial charge on any atom is -0.465 e. The highest BCUT2D eigenvalue weighted by Crippen LogP contribution is 2.35. The molecule has 4 aromatic rings. The zero-order chi connectivity index (χ0) is 22.4. The van der Waals surface area contributed by atoms with Crippen LogP contribution in [-0.4, -0.2) is 42.0 Å². The van der Waals surface area contributed by atoms with Crippen LogP contribution >= 0.6 is 0 Å². The Morgan fingerprint density at radius 2 is 1.81 bits per heavy atom. The number of pyridine rings is 2. The summed E-state index contributed by atoms with van der Waals surface area (Å²) in [5.41, 5.74) is -3.10. The summed E-state index contributed by atoms with van der Waals surface area (Å²) in [7, 11) is -4.60. The predicted molar refractivity (Wildman–Crippen MR) is 104 cm³/mol. The normalized spacial score (nSPS) is 12.3. The first-order valence-corrected chi connectivity index (χ1v) is 9.97. The van der Waals surface area contributed by atoms with Crippen LogP contribution in [0, 0.1) is 0 Å². The second kappa shape index (κ2) is 7.23. The molecule has 0 radical (unpaired) electrons. The van der Waals surface area contributed by atoms with E-state index in [0.29, 0.717) is 38.6 Å². The first-order valence-electron chi connectivity index (χ1n) is 8.56. The first-order chi connectivity index (χ1) is 14.6. The van der Waals surface area contributed by atoms with Gasteiger partial charge in [0.25, 0.3) is 0 Å². The monoisotopic (exact) mass is 451 g/mol. The third kappa shape index (κ3) is 3.65. The highest BCUT2D eigenvalue weighted by atomic mass is 32.2. The Bertz CT molecular complexity index is 1410. The summed E-state index contributed by atoms with van der Waals surface area (Å²) in [5, 5.41) is 0.873. The van der Waals surface area contributed by atoms with Crippen molar-refractivity contribution in [1.82, 2.24) is 15.0 Å². The van der Waals surface area contributed by atoms with Crippen LogP contribution < -0.4 is 4.18 Å². The molecule has 0 unspecified atom stereocenters. The van der Waals surface area contributed by atoms with Gasteiger partial charge in [-0.05, 0) is 29.3 Å². The molecule has 0 atom stereocenters. The number of carbonyl (C=O) groups excluding carboxylic acids is 1. The molecule has 0 fully saturated rings. The van der Waals surface area contributed by atoms with Crippen molar-refractivity contribution in [2.24, 2.45) is 0 Å². The van der Waals surface area contributed by atoms with Gasteiger partial charge >= 0.3 is 21.6 Å². The maximum Gasteiger partial charge on any atom is 0.534 e. The Kier molecular flexibility index (Phi) is 4.81. The number of hydrogen-bond donors (Lipinski definition) is 1. The number of fused-ring (bicyclic) bond motifs is 3. The van der Waals surface area contributed by atoms with Crippen LogP contribution in [0.15, 0.2) is 48.8 Å². The molecular weight excluding hydrogens is 439 g/mol. The topological polar surface area (TPSA) is 111 Å². The van der Waals surface area contributed by atoms with Crippen LogP contribution in [-0.2, 0) is 14.9 Å². The SMILES string of the molecule is COC(=O)c1ccc(-c2ccnc3[nH]c4cnc(OS(=O)(=O)C(F)(F)F)cc4c23)cc1. The van der Waals surface area contributed by atoms with Crippen molar-refractivity contribution in [3.05, 3.63) is 54.4 Å². The third-order valence-corrected chi connectivity index (χ3v) is 5.40. The van der Waals surface area contributed by atoms with Gasteiger partial charge in [0.05, 0.1) is 24.4 Å². The molecule has 0 amide bonds. The van der Waals surface area contributed by atoms with Gasteiger partial charge in [0.2, 0.25) is 5.88 Å². The highest BCUT2D eigenvalue weighted by Gasteiger charge is 2.48. The van der Waals surface area contributed by atoms with Gasteiger partial charge in [-0.25, -0.2) is 14.8 Å². The van der Waals surface area contributed by atoms with Gasteiger partial charge in [0.1, 0.15) is 5.65 Å². The fourth-order valence-electron chi connectivity index (χ4n) is 3.05. The largest absolute Gasteiger partial charge is 0.534 e. The van der Waals surface area contributed by atoms with Crippen LogP contribution in [0.1, 0.15) is 10.4 Å². The predicted octanol–water partition coefficient (Wildman–Crippen LogP) is 3.79. The number of ether oxygens (including phenoxy) is 1. The summed E-state index contributed by atoms with van der Waals surface area (Å²) in [6, 6.07) is 9.24. The Morgan fingerprint density at radius 3 is 2.45 bits per heavy atom. The van der Waals surface area contributed by atoms with Crippen molar-refractivity contribution in [3.8, 4) is 17.0 Å². The number of hydrogen-bond acceptors (Lipinski definition) is 7. The van der Waals surface area contributed by atoms with E-state index < -0.39 is 27.5 Å². The molecule has 0 aliphatic rings. The number of aromatic amines is 1. The minimum absolute atomic E-state index is 0.340. The van der Waals surface area contributed by atoms with Crippen molar-refractivity contribution >= 4 is 38.0 Å². The number of rotatable bonds is 4. The lowest BCUT2D eigenvalue weighted by Gasteiger charge is -2.09. The zero-order valence-electron chi connectivity index (χ0n) is 15.6. The Hall–Kier alpha value is -3.67. The lowest BCUT2D eigenvalue weighted by Crippen LogP contribution is -2.28. The first kappa shape index (κ1) is 20.6. The van der Waals surface area contributed by atoms with E-state index in [1.165, 1.54) is 13.3 Å². The molecule has 3 heterocycles. The number of halogens is 3. The van der Waals surface area contributed by atoms with E-state index in [1.807, 2.05) is 0 Å². The molecule has 0 aliphatic heterocycles. The molecule has 160 valence electrons. The Labute approximate surface area is 172 Å². The number of benzene rings is 1. The summed E-state index contributed by atoms with van der Waals surface area (Å²) in [4.78, 5) is 22.5. The molecule has 0 saturated carbocycles. The molecule has 1 aromatic carbocycles. The molecule has 0 spiro atoms. The van der Waals surface area contributed by atoms with Gasteiger partial charge in [0, 0.05) is 23.0 Å². The second-order valence-corrected chi connectivity index (χ2v) is 7.87. The number of nitrogens with one attached hydrogen (secondary N) is 1. The van der Waals surface area contributed by atoms with Crippen LogP contribution in [0.25, 0.3) is 33.1 Å². The lowest BCUT2D eigenvalue weighted by atomic mass is 10.0. The van der Waals surface area contributed by atoms with Crippen molar-refractivity contribution in [1.29, 1.82) is 0 Å². The van der Waals surface area contributed by atoms with Crippen LogP contribution in [0.5, 0.6) is 5.88 Å². The number of esters is 1. The molecule has 1 N–H and O–H groups in total. The van der Waals surface area contributed by atoms with E-state index in [2.05, 4.69) is 23.9 Å². The molecule has 0 saturated heterocycles. The number of H-pyrrole nitrogens is 1. The van der Waals surface area contributed by atoms with E-state index in [0.717, 1.165) is 12.3 Å². The number of alkyl halides is 3. The quantitative estimate of drug-likeness (QED) is 0.285. The van der Waals surface area contributed by atoms with Crippen LogP contribution in [0.2, 0.25) is 0 Å². The second-order valence-electron chi connectivity index (χ2n) is 6.33. The number of methoxy groups -OCH3 is 1. The van der Waals surface area contributed by atoms with E-state index in [1.54, 1.807) is 30.3 Å². The molecule has 4 rings (SSSR count). The maximum absolute atomic E-state index is 12.6. The summed E-state index contributed by atoms with van der Waals surface area (Å²) < 4.78 is 69.4. The smallest absolute Gasteiger partial charge is 0.465 e. The summed E-state index contributed by atoms with van der Waals surface area (Å²) in [6.45, 7) is 0. The third-order valence-electron chi connectivity index (χ3n) is 4.45. The van der Waals surface area contributed by atoms with E-state index in [9.17, 15) is 26.4 Å². The van der Waals surface area contributed by atoms with E-state index in [4.69, 9.17) is 0 Å². The average molecular weight is 451 g/mol. The minimum atomic E-state index is -5.87. The molecule has 31 heavy (non-hydrogen) atoms. The molecule has 8 nitrogen and oxygen atoms in total.